The zero-order chi connectivity index (χ0) is 18.8. The Morgan fingerprint density at radius 1 is 1.27 bits per heavy atom. The average Bonchev–Trinajstić information content (AvgIpc) is 2.63. The summed E-state index contributed by atoms with van der Waals surface area (Å²) in [6.07, 6.45) is 1.78. The van der Waals surface area contributed by atoms with Crippen molar-refractivity contribution >= 4 is 11.4 Å². The standard InChI is InChI=1S/C18H21FN4O3/c1-12-14(10-20-13(2)18(12)24)11-21-5-7-22(8-6-21)17-4-3-15(23(25)26)9-16(17)19/h3-4,9-10,24H,5-8,11H2,1-2H3. The molecule has 7 nitrogen and oxygen atoms in total. The summed E-state index contributed by atoms with van der Waals surface area (Å²) in [5, 5.41) is 20.7. The topological polar surface area (TPSA) is 82.7 Å². The summed E-state index contributed by atoms with van der Waals surface area (Å²) in [5.41, 5.74) is 2.57. The summed E-state index contributed by atoms with van der Waals surface area (Å²) >= 11 is 0. The van der Waals surface area contributed by atoms with Crippen molar-refractivity contribution < 1.29 is 14.4 Å². The van der Waals surface area contributed by atoms with Crippen LogP contribution in [0.15, 0.2) is 24.4 Å². The zero-order valence-electron chi connectivity index (χ0n) is 14.8. The maximum atomic E-state index is 14.2. The van der Waals surface area contributed by atoms with Crippen LogP contribution in [0.2, 0.25) is 0 Å². The molecule has 2 heterocycles. The van der Waals surface area contributed by atoms with Crippen molar-refractivity contribution in [3.05, 3.63) is 57.1 Å². The highest BCUT2D eigenvalue weighted by molar-refractivity contribution is 5.52. The number of pyridine rings is 1. The number of aryl methyl sites for hydroxylation is 1. The minimum Gasteiger partial charge on any atom is -0.506 e. The Bertz CT molecular complexity index is 835. The Hall–Kier alpha value is -2.74. The van der Waals surface area contributed by atoms with Gasteiger partial charge in [-0.3, -0.25) is 20.0 Å². The summed E-state index contributed by atoms with van der Waals surface area (Å²) in [6, 6.07) is 3.76. The first kappa shape index (κ1) is 18.1. The molecule has 1 aliphatic heterocycles. The SMILES string of the molecule is Cc1ncc(CN2CCN(c3ccc([N+](=O)[O-])cc3F)CC2)c(C)c1O. The molecule has 2 aromatic rings. The highest BCUT2D eigenvalue weighted by Crippen LogP contribution is 2.26. The molecule has 8 heteroatoms. The third-order valence-corrected chi connectivity index (χ3v) is 4.84. The van der Waals surface area contributed by atoms with E-state index in [1.54, 1.807) is 13.1 Å². The van der Waals surface area contributed by atoms with Crippen LogP contribution in [0, 0.1) is 29.8 Å². The minimum absolute atomic E-state index is 0.231. The van der Waals surface area contributed by atoms with Crippen molar-refractivity contribution in [2.45, 2.75) is 20.4 Å². The van der Waals surface area contributed by atoms with Gasteiger partial charge in [0.15, 0.2) is 5.82 Å². The normalized spacial score (nSPS) is 15.3. The van der Waals surface area contributed by atoms with Crippen molar-refractivity contribution in [3.63, 3.8) is 0 Å². The number of halogens is 1. The van der Waals surface area contributed by atoms with E-state index in [0.717, 1.165) is 30.3 Å². The molecule has 1 aromatic heterocycles. The van der Waals surface area contributed by atoms with Gasteiger partial charge in [-0.2, -0.15) is 0 Å². The first-order chi connectivity index (χ1) is 12.4. The molecule has 1 aliphatic rings. The van der Waals surface area contributed by atoms with Crippen LogP contribution < -0.4 is 4.90 Å². The Balaban J connectivity index is 1.65. The largest absolute Gasteiger partial charge is 0.506 e. The van der Waals surface area contributed by atoms with Crippen LogP contribution in [-0.4, -0.2) is 46.1 Å². The molecular weight excluding hydrogens is 339 g/mol. The molecule has 0 radical (unpaired) electrons. The van der Waals surface area contributed by atoms with Gasteiger partial charge in [-0.1, -0.05) is 0 Å². The lowest BCUT2D eigenvalue weighted by Gasteiger charge is -2.36. The highest BCUT2D eigenvalue weighted by atomic mass is 19.1. The smallest absolute Gasteiger partial charge is 0.272 e. The second-order valence-corrected chi connectivity index (χ2v) is 6.50. The number of aromatic hydroxyl groups is 1. The van der Waals surface area contributed by atoms with E-state index in [2.05, 4.69) is 9.88 Å². The fourth-order valence-electron chi connectivity index (χ4n) is 3.17. The molecular formula is C18H21FN4O3. The van der Waals surface area contributed by atoms with Crippen LogP contribution in [0.25, 0.3) is 0 Å². The van der Waals surface area contributed by atoms with Crippen LogP contribution >= 0.6 is 0 Å². The minimum atomic E-state index is -0.599. The predicted molar refractivity (Wildman–Crippen MR) is 95.9 cm³/mol. The van der Waals surface area contributed by atoms with Gasteiger partial charge in [-0.15, -0.1) is 0 Å². The Kier molecular flexibility index (Phi) is 5.03. The number of rotatable bonds is 4. The molecule has 1 N–H and O–H groups in total. The Morgan fingerprint density at radius 3 is 2.58 bits per heavy atom. The molecule has 0 amide bonds. The molecule has 0 bridgehead atoms. The molecule has 0 unspecified atom stereocenters. The van der Waals surface area contributed by atoms with Gasteiger partial charge in [0, 0.05) is 45.0 Å². The van der Waals surface area contributed by atoms with E-state index < -0.39 is 10.7 Å². The first-order valence-electron chi connectivity index (χ1n) is 8.42. The fourth-order valence-corrected chi connectivity index (χ4v) is 3.17. The number of piperazine rings is 1. The summed E-state index contributed by atoms with van der Waals surface area (Å²) in [7, 11) is 0. The van der Waals surface area contributed by atoms with Gasteiger partial charge >= 0.3 is 0 Å². The van der Waals surface area contributed by atoms with Crippen molar-refractivity contribution in [2.75, 3.05) is 31.1 Å². The van der Waals surface area contributed by atoms with Crippen LogP contribution in [-0.2, 0) is 6.54 Å². The summed E-state index contributed by atoms with van der Waals surface area (Å²) in [4.78, 5) is 18.5. The van der Waals surface area contributed by atoms with E-state index in [4.69, 9.17) is 0 Å². The van der Waals surface area contributed by atoms with Gasteiger partial charge in [-0.05, 0) is 31.0 Å². The lowest BCUT2D eigenvalue weighted by molar-refractivity contribution is -0.385. The molecule has 138 valence electrons. The van der Waals surface area contributed by atoms with Crippen molar-refractivity contribution in [1.82, 2.24) is 9.88 Å². The number of nitro groups is 1. The number of benzene rings is 1. The molecule has 1 fully saturated rings. The second-order valence-electron chi connectivity index (χ2n) is 6.50. The van der Waals surface area contributed by atoms with Crippen LogP contribution in [0.3, 0.4) is 0 Å². The molecule has 1 aromatic carbocycles. The molecule has 26 heavy (non-hydrogen) atoms. The summed E-state index contributed by atoms with van der Waals surface area (Å²) in [5.74, 6) is -0.342. The summed E-state index contributed by atoms with van der Waals surface area (Å²) in [6.45, 7) is 7.02. The quantitative estimate of drug-likeness (QED) is 0.667. The van der Waals surface area contributed by atoms with Crippen LogP contribution in [0.1, 0.15) is 16.8 Å². The fraction of sp³-hybridized carbons (Fsp3) is 0.389. The van der Waals surface area contributed by atoms with Gasteiger partial charge in [0.05, 0.1) is 22.4 Å². The molecule has 0 spiro atoms. The van der Waals surface area contributed by atoms with Gasteiger partial charge < -0.3 is 10.0 Å². The van der Waals surface area contributed by atoms with Gasteiger partial charge in [0.2, 0.25) is 0 Å². The van der Waals surface area contributed by atoms with E-state index in [1.165, 1.54) is 12.1 Å². The number of nitrogens with zero attached hydrogens (tertiary/aromatic N) is 4. The zero-order valence-corrected chi connectivity index (χ0v) is 14.8. The molecule has 0 atom stereocenters. The van der Waals surface area contributed by atoms with Crippen LogP contribution in [0.5, 0.6) is 5.75 Å². The monoisotopic (exact) mass is 360 g/mol. The first-order valence-corrected chi connectivity index (χ1v) is 8.42. The number of non-ortho nitro benzene ring substituents is 1. The van der Waals surface area contributed by atoms with Crippen molar-refractivity contribution in [1.29, 1.82) is 0 Å². The van der Waals surface area contributed by atoms with Crippen LogP contribution in [0.4, 0.5) is 15.8 Å². The number of anilines is 1. The third kappa shape index (κ3) is 3.60. The van der Waals surface area contributed by atoms with Gasteiger partial charge in [-0.25, -0.2) is 4.39 Å². The van der Waals surface area contributed by atoms with Gasteiger partial charge in [0.25, 0.3) is 5.69 Å². The molecule has 0 saturated carbocycles. The lowest BCUT2D eigenvalue weighted by Crippen LogP contribution is -2.46. The summed E-state index contributed by atoms with van der Waals surface area (Å²) < 4.78 is 14.2. The molecule has 3 rings (SSSR count). The van der Waals surface area contributed by atoms with E-state index in [1.807, 2.05) is 11.8 Å². The number of aromatic nitrogens is 1. The highest BCUT2D eigenvalue weighted by Gasteiger charge is 2.22. The van der Waals surface area contributed by atoms with E-state index >= 15 is 0 Å². The van der Waals surface area contributed by atoms with E-state index in [-0.39, 0.29) is 11.4 Å². The Morgan fingerprint density at radius 2 is 1.96 bits per heavy atom. The Labute approximate surface area is 150 Å². The maximum Gasteiger partial charge on any atom is 0.272 e. The third-order valence-electron chi connectivity index (χ3n) is 4.84. The molecule has 1 saturated heterocycles. The predicted octanol–water partition coefficient (Wildman–Crippen LogP) is 2.77. The van der Waals surface area contributed by atoms with Crippen molar-refractivity contribution in [3.8, 4) is 5.75 Å². The van der Waals surface area contributed by atoms with E-state index in [0.29, 0.717) is 31.0 Å². The average molecular weight is 360 g/mol. The number of nitro benzene ring substituents is 1. The molecule has 0 aliphatic carbocycles. The lowest BCUT2D eigenvalue weighted by atomic mass is 10.1. The second kappa shape index (κ2) is 7.25. The number of hydrogen-bond donors (Lipinski definition) is 1. The van der Waals surface area contributed by atoms with E-state index in [9.17, 15) is 19.6 Å². The van der Waals surface area contributed by atoms with Gasteiger partial charge in [0.1, 0.15) is 5.75 Å². The number of hydrogen-bond acceptors (Lipinski definition) is 6. The van der Waals surface area contributed by atoms with Crippen molar-refractivity contribution in [2.24, 2.45) is 0 Å². The maximum absolute atomic E-state index is 14.2.